The maximum absolute atomic E-state index is 5.20. The molecule has 1 nitrogen and oxygen atoms in total. The van der Waals surface area contributed by atoms with Crippen LogP contribution >= 0.6 is 15.9 Å². The number of hydrogen-bond donors (Lipinski definition) is 0. The minimum atomic E-state index is 0.562. The van der Waals surface area contributed by atoms with E-state index in [1.165, 1.54) is 0 Å². The molecule has 0 spiro atoms. The van der Waals surface area contributed by atoms with Crippen molar-refractivity contribution in [2.24, 2.45) is 5.92 Å². The lowest BCUT2D eigenvalue weighted by atomic mass is 10.1. The summed E-state index contributed by atoms with van der Waals surface area (Å²) in [4.78, 5) is 0. The summed E-state index contributed by atoms with van der Waals surface area (Å²) < 4.78 is 5.20. The highest BCUT2D eigenvalue weighted by atomic mass is 79.9. The van der Waals surface area contributed by atoms with Crippen LogP contribution in [-0.4, -0.2) is 18.5 Å². The Morgan fingerprint density at radius 1 is 1.70 bits per heavy atom. The van der Waals surface area contributed by atoms with E-state index < -0.39 is 0 Å². The second kappa shape index (κ2) is 7.29. The number of alkyl halides is 1. The fourth-order valence-corrected chi connectivity index (χ4v) is 1.23. The molecule has 0 aliphatic heterocycles. The Labute approximate surface area is 71.6 Å². The van der Waals surface area contributed by atoms with Crippen LogP contribution in [0.1, 0.15) is 13.3 Å². The summed E-state index contributed by atoms with van der Waals surface area (Å²) in [6.45, 7) is 7.39. The van der Waals surface area contributed by atoms with Crippen molar-refractivity contribution in [3.63, 3.8) is 0 Å². The molecule has 0 amide bonds. The van der Waals surface area contributed by atoms with Gasteiger partial charge >= 0.3 is 0 Å². The van der Waals surface area contributed by atoms with Gasteiger partial charge in [-0.25, -0.2) is 0 Å². The summed E-state index contributed by atoms with van der Waals surface area (Å²) in [5.41, 5.74) is 0. The maximum atomic E-state index is 5.20. The third-order valence-corrected chi connectivity index (χ3v) is 2.20. The molecule has 0 radical (unpaired) electrons. The van der Waals surface area contributed by atoms with Crippen molar-refractivity contribution in [1.82, 2.24) is 0 Å². The van der Waals surface area contributed by atoms with E-state index in [1.807, 2.05) is 13.0 Å². The van der Waals surface area contributed by atoms with Crippen molar-refractivity contribution in [2.75, 3.05) is 18.5 Å². The molecule has 10 heavy (non-hydrogen) atoms. The van der Waals surface area contributed by atoms with Gasteiger partial charge in [0, 0.05) is 18.5 Å². The van der Waals surface area contributed by atoms with E-state index in [9.17, 15) is 0 Å². The smallest absolute Gasteiger partial charge is 0.0471 e. The van der Waals surface area contributed by atoms with Gasteiger partial charge in [-0.15, -0.1) is 6.58 Å². The first kappa shape index (κ1) is 10.2. The largest absolute Gasteiger partial charge is 0.382 e. The zero-order valence-corrected chi connectivity index (χ0v) is 8.06. The van der Waals surface area contributed by atoms with Gasteiger partial charge in [0.1, 0.15) is 0 Å². The standard InChI is InChI=1S/C8H15BrO/c1-3-8(7-9)5-6-10-4-2/h3,8H,1,4-7H2,2H3. The van der Waals surface area contributed by atoms with E-state index in [-0.39, 0.29) is 0 Å². The van der Waals surface area contributed by atoms with Gasteiger partial charge in [0.2, 0.25) is 0 Å². The highest BCUT2D eigenvalue weighted by Gasteiger charge is 1.99. The van der Waals surface area contributed by atoms with Gasteiger partial charge < -0.3 is 4.74 Å². The van der Waals surface area contributed by atoms with Crippen molar-refractivity contribution >= 4 is 15.9 Å². The lowest BCUT2D eigenvalue weighted by molar-refractivity contribution is 0.139. The Morgan fingerprint density at radius 2 is 2.40 bits per heavy atom. The molecule has 2 heteroatoms. The summed E-state index contributed by atoms with van der Waals surface area (Å²) in [5, 5.41) is 0.990. The Hall–Kier alpha value is 0.180. The molecule has 0 fully saturated rings. The average Bonchev–Trinajstić information content (AvgIpc) is 1.99. The minimum absolute atomic E-state index is 0.562. The maximum Gasteiger partial charge on any atom is 0.0471 e. The van der Waals surface area contributed by atoms with E-state index in [0.29, 0.717) is 5.92 Å². The minimum Gasteiger partial charge on any atom is -0.382 e. The summed E-state index contributed by atoms with van der Waals surface area (Å²) in [7, 11) is 0. The zero-order chi connectivity index (χ0) is 7.82. The lowest BCUT2D eigenvalue weighted by Crippen LogP contribution is -2.03. The Balaban J connectivity index is 3.17. The van der Waals surface area contributed by atoms with Crippen molar-refractivity contribution in [3.8, 4) is 0 Å². The Bertz CT molecular complexity index is 83.3. The van der Waals surface area contributed by atoms with Gasteiger partial charge in [-0.2, -0.15) is 0 Å². The zero-order valence-electron chi connectivity index (χ0n) is 6.48. The Kier molecular flexibility index (Phi) is 7.42. The molecular formula is C8H15BrO. The molecule has 0 N–H and O–H groups in total. The monoisotopic (exact) mass is 206 g/mol. The highest BCUT2D eigenvalue weighted by molar-refractivity contribution is 9.09. The molecule has 0 bridgehead atoms. The van der Waals surface area contributed by atoms with Crippen molar-refractivity contribution < 1.29 is 4.74 Å². The quantitative estimate of drug-likeness (QED) is 0.369. The van der Waals surface area contributed by atoms with Crippen molar-refractivity contribution in [3.05, 3.63) is 12.7 Å². The van der Waals surface area contributed by atoms with Crippen molar-refractivity contribution in [1.29, 1.82) is 0 Å². The number of halogens is 1. The second-order valence-corrected chi connectivity index (χ2v) is 2.78. The molecule has 0 heterocycles. The number of rotatable bonds is 6. The van der Waals surface area contributed by atoms with Crippen LogP contribution < -0.4 is 0 Å². The molecule has 0 rings (SSSR count). The molecule has 0 aliphatic rings. The molecule has 60 valence electrons. The predicted molar refractivity (Wildman–Crippen MR) is 48.6 cm³/mol. The molecule has 0 aromatic rings. The van der Waals surface area contributed by atoms with Gasteiger partial charge in [0.15, 0.2) is 0 Å². The first-order chi connectivity index (χ1) is 4.85. The van der Waals surface area contributed by atoms with Gasteiger partial charge in [-0.05, 0) is 19.3 Å². The number of allylic oxidation sites excluding steroid dienone is 1. The van der Waals surface area contributed by atoms with E-state index in [0.717, 1.165) is 25.0 Å². The van der Waals surface area contributed by atoms with E-state index in [2.05, 4.69) is 22.5 Å². The third-order valence-electron chi connectivity index (χ3n) is 1.37. The number of hydrogen-bond acceptors (Lipinski definition) is 1. The predicted octanol–water partition coefficient (Wildman–Crippen LogP) is 2.61. The molecular weight excluding hydrogens is 192 g/mol. The molecule has 0 aromatic heterocycles. The first-order valence-corrected chi connectivity index (χ1v) is 4.73. The highest BCUT2D eigenvalue weighted by Crippen LogP contribution is 2.07. The molecule has 0 aliphatic carbocycles. The fraction of sp³-hybridized carbons (Fsp3) is 0.750. The second-order valence-electron chi connectivity index (χ2n) is 2.14. The van der Waals surface area contributed by atoms with Gasteiger partial charge in [-0.1, -0.05) is 22.0 Å². The Morgan fingerprint density at radius 3 is 2.80 bits per heavy atom. The SMILES string of the molecule is C=CC(CBr)CCOCC. The average molecular weight is 207 g/mol. The van der Waals surface area contributed by atoms with Crippen LogP contribution in [0.2, 0.25) is 0 Å². The normalized spacial score (nSPS) is 13.0. The van der Waals surface area contributed by atoms with Crippen LogP contribution in [0.4, 0.5) is 0 Å². The molecule has 1 unspecified atom stereocenters. The van der Waals surface area contributed by atoms with Crippen LogP contribution in [0.15, 0.2) is 12.7 Å². The van der Waals surface area contributed by atoms with Crippen LogP contribution in [0.5, 0.6) is 0 Å². The van der Waals surface area contributed by atoms with Crippen LogP contribution in [-0.2, 0) is 4.74 Å². The summed E-state index contributed by atoms with van der Waals surface area (Å²) >= 11 is 3.40. The van der Waals surface area contributed by atoms with E-state index in [4.69, 9.17) is 4.74 Å². The summed E-state index contributed by atoms with van der Waals surface area (Å²) in [6, 6.07) is 0. The molecule has 1 atom stereocenters. The van der Waals surface area contributed by atoms with Gasteiger partial charge in [0.25, 0.3) is 0 Å². The van der Waals surface area contributed by atoms with Crippen LogP contribution in [0.3, 0.4) is 0 Å². The summed E-state index contributed by atoms with van der Waals surface area (Å²) in [6.07, 6.45) is 3.04. The number of ether oxygens (including phenoxy) is 1. The molecule has 0 saturated heterocycles. The van der Waals surface area contributed by atoms with E-state index >= 15 is 0 Å². The van der Waals surface area contributed by atoms with Crippen LogP contribution in [0, 0.1) is 5.92 Å². The first-order valence-electron chi connectivity index (χ1n) is 3.61. The summed E-state index contributed by atoms with van der Waals surface area (Å²) in [5.74, 6) is 0.562. The molecule has 0 saturated carbocycles. The third kappa shape index (κ3) is 5.00. The topological polar surface area (TPSA) is 9.23 Å². The van der Waals surface area contributed by atoms with Gasteiger partial charge in [0.05, 0.1) is 0 Å². The lowest BCUT2D eigenvalue weighted by Gasteiger charge is -2.07. The van der Waals surface area contributed by atoms with Crippen molar-refractivity contribution in [2.45, 2.75) is 13.3 Å². The van der Waals surface area contributed by atoms with Gasteiger partial charge in [-0.3, -0.25) is 0 Å². The fourth-order valence-electron chi connectivity index (χ4n) is 0.637. The van der Waals surface area contributed by atoms with Crippen LogP contribution in [0.25, 0.3) is 0 Å². The van der Waals surface area contributed by atoms with E-state index in [1.54, 1.807) is 0 Å². The molecule has 0 aromatic carbocycles.